The van der Waals surface area contributed by atoms with Crippen molar-refractivity contribution in [3.8, 4) is 5.75 Å². The minimum Gasteiger partial charge on any atom is -0.494 e. The van der Waals surface area contributed by atoms with Gasteiger partial charge in [0.1, 0.15) is 5.75 Å². The summed E-state index contributed by atoms with van der Waals surface area (Å²) in [7, 11) is 1.70. The molecule has 0 aliphatic rings. The summed E-state index contributed by atoms with van der Waals surface area (Å²) in [5.41, 5.74) is 2.16. The Kier molecular flexibility index (Phi) is 7.52. The van der Waals surface area contributed by atoms with Gasteiger partial charge in [-0.2, -0.15) is 0 Å². The van der Waals surface area contributed by atoms with E-state index in [0.717, 1.165) is 24.5 Å². The third-order valence-corrected chi connectivity index (χ3v) is 3.85. The largest absolute Gasteiger partial charge is 0.494 e. The van der Waals surface area contributed by atoms with E-state index in [4.69, 9.17) is 21.7 Å². The molecular formula is C19H24N2O2S. The van der Waals surface area contributed by atoms with Gasteiger partial charge in [0.25, 0.3) is 0 Å². The first-order valence-corrected chi connectivity index (χ1v) is 8.45. The number of anilines is 1. The lowest BCUT2D eigenvalue weighted by Gasteiger charge is -2.26. The molecule has 2 aromatic rings. The van der Waals surface area contributed by atoms with Crippen molar-refractivity contribution in [2.75, 3.05) is 32.2 Å². The average Bonchev–Trinajstić information content (AvgIpc) is 2.61. The Labute approximate surface area is 149 Å². The highest BCUT2D eigenvalue weighted by Crippen LogP contribution is 2.16. The first-order chi connectivity index (χ1) is 11.7. The summed E-state index contributed by atoms with van der Waals surface area (Å²) < 4.78 is 10.7. The lowest BCUT2D eigenvalue weighted by molar-refractivity contribution is 0.175. The maximum absolute atomic E-state index is 5.58. The SMILES string of the molecule is CCOc1ccc(NC(=S)N(CCOC)Cc2ccccc2)cc1. The van der Waals surface area contributed by atoms with Gasteiger partial charge in [-0.1, -0.05) is 30.3 Å². The van der Waals surface area contributed by atoms with Crippen molar-refractivity contribution in [2.24, 2.45) is 0 Å². The zero-order chi connectivity index (χ0) is 17.2. The van der Waals surface area contributed by atoms with Crippen molar-refractivity contribution in [3.05, 3.63) is 60.2 Å². The van der Waals surface area contributed by atoms with Crippen molar-refractivity contribution in [3.63, 3.8) is 0 Å². The zero-order valence-corrected chi connectivity index (χ0v) is 15.0. The summed E-state index contributed by atoms with van der Waals surface area (Å²) in [5, 5.41) is 3.97. The molecule has 24 heavy (non-hydrogen) atoms. The van der Waals surface area contributed by atoms with Gasteiger partial charge in [-0.25, -0.2) is 0 Å². The highest BCUT2D eigenvalue weighted by molar-refractivity contribution is 7.80. The first-order valence-electron chi connectivity index (χ1n) is 8.04. The number of rotatable bonds is 8. The summed E-state index contributed by atoms with van der Waals surface area (Å²) in [4.78, 5) is 2.10. The second kappa shape index (κ2) is 9.90. The molecule has 0 amide bonds. The Morgan fingerprint density at radius 1 is 1.08 bits per heavy atom. The van der Waals surface area contributed by atoms with Crippen molar-refractivity contribution >= 4 is 23.0 Å². The van der Waals surface area contributed by atoms with Crippen molar-refractivity contribution in [1.82, 2.24) is 4.90 Å². The Bertz CT molecular complexity index is 617. The maximum atomic E-state index is 5.58. The molecule has 0 aliphatic carbocycles. The topological polar surface area (TPSA) is 33.7 Å². The third kappa shape index (κ3) is 5.83. The van der Waals surface area contributed by atoms with Gasteiger partial charge in [0.2, 0.25) is 0 Å². The second-order valence-electron chi connectivity index (χ2n) is 5.29. The van der Waals surface area contributed by atoms with Gasteiger partial charge < -0.3 is 19.7 Å². The first kappa shape index (κ1) is 18.2. The van der Waals surface area contributed by atoms with Crippen LogP contribution in [0.15, 0.2) is 54.6 Å². The summed E-state index contributed by atoms with van der Waals surface area (Å²) in [5.74, 6) is 0.856. The fourth-order valence-electron chi connectivity index (χ4n) is 2.26. The normalized spacial score (nSPS) is 10.2. The molecule has 0 fully saturated rings. The molecule has 0 aliphatic heterocycles. The van der Waals surface area contributed by atoms with Crippen LogP contribution in [0, 0.1) is 0 Å². The van der Waals surface area contributed by atoms with Gasteiger partial charge in [-0.3, -0.25) is 0 Å². The molecule has 5 heteroatoms. The van der Waals surface area contributed by atoms with E-state index < -0.39 is 0 Å². The number of methoxy groups -OCH3 is 1. The maximum Gasteiger partial charge on any atom is 0.173 e. The van der Waals surface area contributed by atoms with Gasteiger partial charge in [0.05, 0.1) is 13.2 Å². The highest BCUT2D eigenvalue weighted by atomic mass is 32.1. The van der Waals surface area contributed by atoms with Gasteiger partial charge in [0.15, 0.2) is 5.11 Å². The molecule has 0 heterocycles. The van der Waals surface area contributed by atoms with Crippen LogP contribution >= 0.6 is 12.2 Å². The molecule has 0 aromatic heterocycles. The van der Waals surface area contributed by atoms with Crippen LogP contribution in [0.2, 0.25) is 0 Å². The number of nitrogens with one attached hydrogen (secondary N) is 1. The number of nitrogens with zero attached hydrogens (tertiary/aromatic N) is 1. The van der Waals surface area contributed by atoms with E-state index in [1.54, 1.807) is 7.11 Å². The standard InChI is InChI=1S/C19H24N2O2S/c1-3-23-18-11-9-17(10-12-18)20-19(24)21(13-14-22-2)15-16-7-5-4-6-8-16/h4-12H,3,13-15H2,1-2H3,(H,20,24). The van der Waals surface area contributed by atoms with Crippen molar-refractivity contribution in [2.45, 2.75) is 13.5 Å². The van der Waals surface area contributed by atoms with Gasteiger partial charge in [0, 0.05) is 25.9 Å². The van der Waals surface area contributed by atoms with Crippen LogP contribution in [-0.2, 0) is 11.3 Å². The van der Waals surface area contributed by atoms with Crippen LogP contribution in [-0.4, -0.2) is 36.9 Å². The number of hydrogen-bond acceptors (Lipinski definition) is 3. The molecule has 2 aromatic carbocycles. The van der Waals surface area contributed by atoms with Gasteiger partial charge in [-0.05, 0) is 49.0 Å². The van der Waals surface area contributed by atoms with E-state index in [0.29, 0.717) is 18.3 Å². The molecule has 2 rings (SSSR count). The van der Waals surface area contributed by atoms with E-state index in [2.05, 4.69) is 22.3 Å². The van der Waals surface area contributed by atoms with E-state index in [1.807, 2.05) is 49.4 Å². The lowest BCUT2D eigenvalue weighted by Crippen LogP contribution is -2.36. The Morgan fingerprint density at radius 2 is 1.79 bits per heavy atom. The van der Waals surface area contributed by atoms with Crippen molar-refractivity contribution < 1.29 is 9.47 Å². The fraction of sp³-hybridized carbons (Fsp3) is 0.316. The summed E-state index contributed by atoms with van der Waals surface area (Å²) in [6.45, 7) is 4.73. The molecule has 0 atom stereocenters. The molecule has 0 spiro atoms. The van der Waals surface area contributed by atoms with Crippen LogP contribution < -0.4 is 10.1 Å². The number of benzene rings is 2. The molecule has 0 saturated heterocycles. The molecule has 128 valence electrons. The second-order valence-corrected chi connectivity index (χ2v) is 5.67. The third-order valence-electron chi connectivity index (χ3n) is 3.49. The minimum absolute atomic E-state index is 0.623. The number of ether oxygens (including phenoxy) is 2. The van der Waals surface area contributed by atoms with E-state index in [1.165, 1.54) is 5.56 Å². The van der Waals surface area contributed by atoms with E-state index in [-0.39, 0.29) is 0 Å². The molecule has 1 N–H and O–H groups in total. The molecule has 4 nitrogen and oxygen atoms in total. The van der Waals surface area contributed by atoms with Gasteiger partial charge in [-0.15, -0.1) is 0 Å². The predicted octanol–water partition coefficient (Wildman–Crippen LogP) is 3.93. The van der Waals surface area contributed by atoms with Gasteiger partial charge >= 0.3 is 0 Å². The number of hydrogen-bond donors (Lipinski definition) is 1. The Hall–Kier alpha value is -2.11. The van der Waals surface area contributed by atoms with Crippen LogP contribution in [0.1, 0.15) is 12.5 Å². The van der Waals surface area contributed by atoms with E-state index >= 15 is 0 Å². The summed E-state index contributed by atoms with van der Waals surface area (Å²) in [6, 6.07) is 18.1. The lowest BCUT2D eigenvalue weighted by atomic mass is 10.2. The number of thiocarbonyl (C=S) groups is 1. The van der Waals surface area contributed by atoms with Crippen LogP contribution in [0.3, 0.4) is 0 Å². The molecule has 0 radical (unpaired) electrons. The Balaban J connectivity index is 2.00. The molecule has 0 bridgehead atoms. The summed E-state index contributed by atoms with van der Waals surface area (Å²) >= 11 is 5.58. The predicted molar refractivity (Wildman–Crippen MR) is 103 cm³/mol. The quantitative estimate of drug-likeness (QED) is 0.734. The van der Waals surface area contributed by atoms with Crippen molar-refractivity contribution in [1.29, 1.82) is 0 Å². The van der Waals surface area contributed by atoms with E-state index in [9.17, 15) is 0 Å². The monoisotopic (exact) mass is 344 g/mol. The highest BCUT2D eigenvalue weighted by Gasteiger charge is 2.10. The minimum atomic E-state index is 0.623. The molecule has 0 saturated carbocycles. The Morgan fingerprint density at radius 3 is 2.42 bits per heavy atom. The zero-order valence-electron chi connectivity index (χ0n) is 14.2. The average molecular weight is 344 g/mol. The summed E-state index contributed by atoms with van der Waals surface area (Å²) in [6.07, 6.45) is 0. The van der Waals surface area contributed by atoms with Crippen LogP contribution in [0.25, 0.3) is 0 Å². The molecular weight excluding hydrogens is 320 g/mol. The molecule has 0 unspecified atom stereocenters. The van der Waals surface area contributed by atoms with Crippen LogP contribution in [0.5, 0.6) is 5.75 Å². The fourth-order valence-corrected chi connectivity index (χ4v) is 2.54. The van der Waals surface area contributed by atoms with Crippen LogP contribution in [0.4, 0.5) is 5.69 Å². The smallest absolute Gasteiger partial charge is 0.173 e.